The minimum absolute atomic E-state index is 0.210. The minimum Gasteiger partial charge on any atom is -0.493 e. The van der Waals surface area contributed by atoms with Gasteiger partial charge < -0.3 is 30.1 Å². The van der Waals surface area contributed by atoms with Gasteiger partial charge >= 0.3 is 0 Å². The SMILES string of the molecule is N#Cc1cc(OCCCOc2ccc(Nc3ccc4c(F)c[nH]c4c3)cc2)cc(Nc2ccc3c(F)c[nH]c3c2)n1. The second kappa shape index (κ2) is 11.3. The highest BCUT2D eigenvalue weighted by Crippen LogP contribution is 2.26. The van der Waals surface area contributed by atoms with Crippen LogP contribution in [0.3, 0.4) is 0 Å². The van der Waals surface area contributed by atoms with E-state index in [2.05, 4.69) is 25.6 Å². The van der Waals surface area contributed by atoms with Crippen LogP contribution in [0.2, 0.25) is 0 Å². The lowest BCUT2D eigenvalue weighted by Gasteiger charge is -2.11. The predicted octanol–water partition coefficient (Wildman–Crippen LogP) is 7.53. The number of nitrogens with one attached hydrogen (secondary N) is 4. The van der Waals surface area contributed by atoms with Gasteiger partial charge in [-0.25, -0.2) is 13.8 Å². The van der Waals surface area contributed by atoms with Gasteiger partial charge in [-0.2, -0.15) is 5.26 Å². The predicted molar refractivity (Wildman–Crippen MR) is 154 cm³/mol. The van der Waals surface area contributed by atoms with Crippen molar-refractivity contribution < 1.29 is 18.3 Å². The lowest BCUT2D eigenvalue weighted by atomic mass is 10.2. The van der Waals surface area contributed by atoms with E-state index in [1.165, 1.54) is 12.4 Å². The normalized spacial score (nSPS) is 11.0. The van der Waals surface area contributed by atoms with Crippen LogP contribution in [0.15, 0.2) is 85.2 Å². The number of nitrogens with zero attached hydrogens (tertiary/aromatic N) is 2. The van der Waals surface area contributed by atoms with Gasteiger partial charge in [-0.15, -0.1) is 0 Å². The van der Waals surface area contributed by atoms with Crippen LogP contribution in [0.1, 0.15) is 12.1 Å². The quantitative estimate of drug-likeness (QED) is 0.131. The summed E-state index contributed by atoms with van der Waals surface area (Å²) in [6.45, 7) is 0.819. The monoisotopic (exact) mass is 550 g/mol. The van der Waals surface area contributed by atoms with Gasteiger partial charge in [0.15, 0.2) is 0 Å². The number of ether oxygens (including phenoxy) is 2. The van der Waals surface area contributed by atoms with E-state index >= 15 is 0 Å². The molecule has 0 saturated heterocycles. The molecule has 0 spiro atoms. The van der Waals surface area contributed by atoms with Crippen molar-refractivity contribution in [2.24, 2.45) is 0 Å². The van der Waals surface area contributed by atoms with Crippen LogP contribution in [-0.4, -0.2) is 28.2 Å². The summed E-state index contributed by atoms with van der Waals surface area (Å²) < 4.78 is 39.1. The van der Waals surface area contributed by atoms with Gasteiger partial charge in [-0.3, -0.25) is 0 Å². The number of aromatic nitrogens is 3. The van der Waals surface area contributed by atoms with Crippen molar-refractivity contribution in [3.8, 4) is 17.6 Å². The van der Waals surface area contributed by atoms with Crippen molar-refractivity contribution in [3.05, 3.63) is 103 Å². The third-order valence-electron chi connectivity index (χ3n) is 6.42. The van der Waals surface area contributed by atoms with Crippen molar-refractivity contribution in [2.45, 2.75) is 6.42 Å². The Bertz CT molecular complexity index is 1870. The van der Waals surface area contributed by atoms with Gasteiger partial charge in [-0.05, 0) is 60.7 Å². The third-order valence-corrected chi connectivity index (χ3v) is 6.42. The zero-order valence-corrected chi connectivity index (χ0v) is 21.7. The maximum Gasteiger partial charge on any atom is 0.148 e. The second-order valence-corrected chi connectivity index (χ2v) is 9.30. The highest BCUT2D eigenvalue weighted by atomic mass is 19.1. The first-order valence-corrected chi connectivity index (χ1v) is 12.9. The van der Waals surface area contributed by atoms with Crippen LogP contribution < -0.4 is 20.1 Å². The molecular formula is C31H24F2N6O2. The average Bonchev–Trinajstić information content (AvgIpc) is 3.54. The van der Waals surface area contributed by atoms with E-state index < -0.39 is 0 Å². The molecule has 6 aromatic rings. The van der Waals surface area contributed by atoms with Crippen LogP contribution in [-0.2, 0) is 0 Å². The standard InChI is InChI=1S/C31H24F2N6O2/c32-27-17-35-29-13-20(4-8-25(27)29)37-19-2-6-23(7-3-19)40-10-1-11-41-24-12-22(16-34)39-31(15-24)38-21-5-9-26-28(33)18-36-30(26)14-21/h2-9,12-15,17-18,35-37H,1,10-11H2,(H,38,39). The first-order valence-electron chi connectivity index (χ1n) is 12.9. The molecule has 0 atom stereocenters. The maximum absolute atomic E-state index is 13.7. The fraction of sp³-hybridized carbons (Fsp3) is 0.0968. The van der Waals surface area contributed by atoms with Gasteiger partial charge in [0.2, 0.25) is 0 Å². The molecule has 0 fully saturated rings. The molecule has 10 heteroatoms. The number of hydrogen-bond acceptors (Lipinski definition) is 6. The molecular weight excluding hydrogens is 526 g/mol. The largest absolute Gasteiger partial charge is 0.493 e. The highest BCUT2D eigenvalue weighted by molar-refractivity contribution is 5.85. The fourth-order valence-corrected chi connectivity index (χ4v) is 4.44. The van der Waals surface area contributed by atoms with E-state index in [-0.39, 0.29) is 17.3 Å². The molecule has 4 N–H and O–H groups in total. The van der Waals surface area contributed by atoms with Crippen molar-refractivity contribution in [2.75, 3.05) is 23.8 Å². The zero-order chi connectivity index (χ0) is 28.2. The molecule has 0 unspecified atom stereocenters. The number of anilines is 4. The molecule has 0 aliphatic heterocycles. The Labute approximate surface area is 233 Å². The van der Waals surface area contributed by atoms with Crippen LogP contribution in [0.5, 0.6) is 11.5 Å². The molecule has 0 aliphatic rings. The van der Waals surface area contributed by atoms with Crippen LogP contribution in [0.25, 0.3) is 21.8 Å². The summed E-state index contributed by atoms with van der Waals surface area (Å²) in [5.74, 6) is 1.08. The molecule has 0 radical (unpaired) electrons. The van der Waals surface area contributed by atoms with Gasteiger partial charge in [-0.1, -0.05) is 0 Å². The Morgan fingerprint density at radius 3 is 1.93 bits per heavy atom. The maximum atomic E-state index is 13.7. The summed E-state index contributed by atoms with van der Waals surface area (Å²) in [5.41, 5.74) is 4.00. The molecule has 41 heavy (non-hydrogen) atoms. The number of fused-ring (bicyclic) bond motifs is 2. The topological polar surface area (TPSA) is 111 Å². The Kier molecular flexibility index (Phi) is 7.07. The Hall–Kier alpha value is -5.56. The Morgan fingerprint density at radius 2 is 1.29 bits per heavy atom. The minimum atomic E-state index is -0.314. The summed E-state index contributed by atoms with van der Waals surface area (Å²) in [5, 5.41) is 16.9. The zero-order valence-electron chi connectivity index (χ0n) is 21.7. The van der Waals surface area contributed by atoms with Crippen molar-refractivity contribution in [1.82, 2.24) is 15.0 Å². The van der Waals surface area contributed by atoms with Gasteiger partial charge in [0.05, 0.1) is 24.2 Å². The lowest BCUT2D eigenvalue weighted by Crippen LogP contribution is -2.06. The van der Waals surface area contributed by atoms with Crippen LogP contribution >= 0.6 is 0 Å². The number of rotatable bonds is 10. The highest BCUT2D eigenvalue weighted by Gasteiger charge is 2.08. The number of benzene rings is 3. The van der Waals surface area contributed by atoms with Crippen LogP contribution in [0.4, 0.5) is 31.7 Å². The average molecular weight is 551 g/mol. The molecule has 6 rings (SSSR count). The van der Waals surface area contributed by atoms with E-state index in [4.69, 9.17) is 9.47 Å². The molecule has 0 saturated carbocycles. The number of hydrogen-bond donors (Lipinski definition) is 4. The summed E-state index contributed by atoms with van der Waals surface area (Å²) in [4.78, 5) is 10.1. The molecule has 0 bridgehead atoms. The van der Waals surface area contributed by atoms with Crippen molar-refractivity contribution >= 4 is 44.7 Å². The summed E-state index contributed by atoms with van der Waals surface area (Å²) >= 11 is 0. The fourth-order valence-electron chi connectivity index (χ4n) is 4.44. The summed E-state index contributed by atoms with van der Waals surface area (Å²) in [6, 6.07) is 23.5. The van der Waals surface area contributed by atoms with Gasteiger partial charge in [0.1, 0.15) is 40.7 Å². The van der Waals surface area contributed by atoms with Gasteiger partial charge in [0, 0.05) is 58.8 Å². The van der Waals surface area contributed by atoms with E-state index in [9.17, 15) is 14.0 Å². The van der Waals surface area contributed by atoms with E-state index in [1.54, 1.807) is 36.4 Å². The third kappa shape index (κ3) is 5.89. The molecule has 0 amide bonds. The first-order chi connectivity index (χ1) is 20.0. The molecule has 8 nitrogen and oxygen atoms in total. The van der Waals surface area contributed by atoms with E-state index in [0.29, 0.717) is 53.2 Å². The number of H-pyrrole nitrogens is 2. The molecule has 3 heterocycles. The number of halogens is 2. The smallest absolute Gasteiger partial charge is 0.148 e. The second-order valence-electron chi connectivity index (χ2n) is 9.30. The van der Waals surface area contributed by atoms with Crippen LogP contribution in [0, 0.1) is 23.0 Å². The summed E-state index contributed by atoms with van der Waals surface area (Å²) in [7, 11) is 0. The number of aromatic amines is 2. The van der Waals surface area contributed by atoms with E-state index in [0.717, 1.165) is 22.6 Å². The first kappa shape index (κ1) is 25.7. The Balaban J connectivity index is 0.991. The Morgan fingerprint density at radius 1 is 0.707 bits per heavy atom. The summed E-state index contributed by atoms with van der Waals surface area (Å²) in [6.07, 6.45) is 3.27. The lowest BCUT2D eigenvalue weighted by molar-refractivity contribution is 0.247. The number of pyridine rings is 1. The van der Waals surface area contributed by atoms with Crippen molar-refractivity contribution in [3.63, 3.8) is 0 Å². The molecule has 3 aromatic heterocycles. The van der Waals surface area contributed by atoms with E-state index in [1.807, 2.05) is 42.5 Å². The molecule has 3 aromatic carbocycles. The molecule has 0 aliphatic carbocycles. The van der Waals surface area contributed by atoms with Gasteiger partial charge in [0.25, 0.3) is 0 Å². The number of nitriles is 1. The van der Waals surface area contributed by atoms with Crippen molar-refractivity contribution in [1.29, 1.82) is 5.26 Å². The molecule has 204 valence electrons.